The summed E-state index contributed by atoms with van der Waals surface area (Å²) in [6, 6.07) is 23.4. The van der Waals surface area contributed by atoms with Gasteiger partial charge in [0.25, 0.3) is 0 Å². The summed E-state index contributed by atoms with van der Waals surface area (Å²) in [6.07, 6.45) is 1.64. The number of nitrogens with one attached hydrogen (secondary N) is 1. The second-order valence-electron chi connectivity index (χ2n) is 11.8. The van der Waals surface area contributed by atoms with Crippen LogP contribution in [0.5, 0.6) is 5.75 Å². The van der Waals surface area contributed by atoms with Crippen molar-refractivity contribution in [2.24, 2.45) is 0 Å². The van der Waals surface area contributed by atoms with Crippen molar-refractivity contribution < 1.29 is 92.4 Å². The SMILES string of the molecule is CCCN1CC(=O)N2[C@@H](Cc3ccc(OP(=O)([O-])[O-])cc3)C(=O)N(Cc3cccc4cccnc34)C[C@@H]2N1C(=O)NCc1ccccc1.[Na+].[Na+]. The molecule has 1 aromatic heterocycles. The van der Waals surface area contributed by atoms with E-state index >= 15 is 0 Å². The van der Waals surface area contributed by atoms with E-state index in [-0.39, 0.29) is 109 Å². The predicted octanol–water partition coefficient (Wildman–Crippen LogP) is -3.59. The van der Waals surface area contributed by atoms with Crippen molar-refractivity contribution in [2.75, 3.05) is 19.6 Å². The summed E-state index contributed by atoms with van der Waals surface area (Å²) in [7, 11) is -5.26. The van der Waals surface area contributed by atoms with Gasteiger partial charge in [0.05, 0.1) is 18.6 Å². The smallest absolute Gasteiger partial charge is 0.780 e. The fourth-order valence-corrected chi connectivity index (χ4v) is 6.76. The number of amides is 4. The van der Waals surface area contributed by atoms with Crippen LogP contribution in [0.25, 0.3) is 10.9 Å². The summed E-state index contributed by atoms with van der Waals surface area (Å²) in [4.78, 5) is 72.2. The van der Waals surface area contributed by atoms with Crippen LogP contribution in [0.15, 0.2) is 91.1 Å². The Morgan fingerprint density at radius 3 is 2.38 bits per heavy atom. The third kappa shape index (κ3) is 9.34. The van der Waals surface area contributed by atoms with Gasteiger partial charge in [0.1, 0.15) is 25.8 Å². The van der Waals surface area contributed by atoms with E-state index in [4.69, 9.17) is 0 Å². The quantitative estimate of drug-likeness (QED) is 0.129. The Balaban J connectivity index is 0.00000281. The number of hydrogen-bond donors (Lipinski definition) is 1. The molecular weight excluding hydrogens is 681 g/mol. The van der Waals surface area contributed by atoms with Crippen molar-refractivity contribution in [2.45, 2.75) is 45.1 Å². The Hall–Kier alpha value is -2.81. The van der Waals surface area contributed by atoms with E-state index in [2.05, 4.69) is 14.8 Å². The number of aromatic nitrogens is 1. The molecule has 2 saturated heterocycles. The number of benzene rings is 3. The van der Waals surface area contributed by atoms with Crippen LogP contribution in [0, 0.1) is 0 Å². The summed E-state index contributed by atoms with van der Waals surface area (Å²) in [5.74, 6) is -0.746. The Morgan fingerprint density at radius 1 is 0.960 bits per heavy atom. The van der Waals surface area contributed by atoms with Crippen LogP contribution in [0.4, 0.5) is 4.79 Å². The number of para-hydroxylation sites is 1. The number of carbonyl (C=O) groups excluding carboxylic acids is 3. The maximum Gasteiger partial charge on any atom is 1.00 e. The van der Waals surface area contributed by atoms with E-state index in [1.54, 1.807) is 33.2 Å². The van der Waals surface area contributed by atoms with Gasteiger partial charge >= 0.3 is 65.1 Å². The molecule has 6 rings (SSSR count). The fourth-order valence-electron chi connectivity index (χ4n) is 6.38. The first-order chi connectivity index (χ1) is 23.1. The summed E-state index contributed by atoms with van der Waals surface area (Å²) in [6.45, 7) is 2.87. The van der Waals surface area contributed by atoms with E-state index in [1.807, 2.05) is 67.6 Å². The Bertz CT molecular complexity index is 1840. The number of nitrogens with zero attached hydrogens (tertiary/aromatic N) is 5. The molecule has 4 aromatic rings. The molecule has 2 atom stereocenters. The van der Waals surface area contributed by atoms with Gasteiger partial charge in [-0.15, -0.1) is 0 Å². The number of piperazine rings is 1. The van der Waals surface area contributed by atoms with Gasteiger partial charge in [-0.2, -0.15) is 0 Å². The molecule has 2 aliphatic rings. The molecular formula is C34H35N6Na2O7P. The molecule has 0 saturated carbocycles. The third-order valence-corrected chi connectivity index (χ3v) is 8.89. The van der Waals surface area contributed by atoms with Crippen LogP contribution in [-0.4, -0.2) is 74.5 Å². The molecule has 13 nitrogen and oxygen atoms in total. The standard InChI is InChI=1S/C34H37N6O7P.2Na/c1-2-18-38-23-31(41)39-29(19-24-13-15-28(16-14-24)47-48(44,45)46)33(42)37(21-27-11-6-10-26-12-7-17-35-32(26)27)22-30(39)40(38)34(43)36-20-25-8-4-3-5-9-25;;/h3-17,29-30H,2,18-23H2,1H3,(H,36,43)(H2,44,45,46);;/q;2*+1/p-2/t29-,30-;;/m0../s1. The number of fused-ring (bicyclic) bond motifs is 2. The number of hydrogen-bond acceptors (Lipinski definition) is 9. The van der Waals surface area contributed by atoms with E-state index in [1.165, 1.54) is 17.0 Å². The first-order valence-electron chi connectivity index (χ1n) is 15.7. The normalized spacial score (nSPS) is 17.9. The summed E-state index contributed by atoms with van der Waals surface area (Å²) < 4.78 is 15.6. The largest absolute Gasteiger partial charge is 1.00 e. The first-order valence-corrected chi connectivity index (χ1v) is 17.2. The molecule has 0 spiro atoms. The number of phosphoric acid groups is 1. The first kappa shape index (κ1) is 40.0. The van der Waals surface area contributed by atoms with Crippen LogP contribution >= 0.6 is 7.82 Å². The molecule has 0 aliphatic carbocycles. The van der Waals surface area contributed by atoms with E-state index < -0.39 is 26.1 Å². The van der Waals surface area contributed by atoms with Gasteiger partial charge < -0.3 is 34.0 Å². The topological polar surface area (TPSA) is 162 Å². The van der Waals surface area contributed by atoms with Crippen LogP contribution in [-0.2, 0) is 33.7 Å². The summed E-state index contributed by atoms with van der Waals surface area (Å²) >= 11 is 0. The number of urea groups is 1. The van der Waals surface area contributed by atoms with Gasteiger partial charge in [0.15, 0.2) is 0 Å². The van der Waals surface area contributed by atoms with Gasteiger partial charge in [-0.3, -0.25) is 14.6 Å². The van der Waals surface area contributed by atoms with E-state index in [9.17, 15) is 28.7 Å². The average molecular weight is 717 g/mol. The van der Waals surface area contributed by atoms with Crippen molar-refractivity contribution >= 4 is 36.6 Å². The minimum absolute atomic E-state index is 0. The van der Waals surface area contributed by atoms with Gasteiger partial charge in [-0.25, -0.2) is 14.8 Å². The van der Waals surface area contributed by atoms with Crippen LogP contribution in [0.2, 0.25) is 0 Å². The van der Waals surface area contributed by atoms with Crippen molar-refractivity contribution in [3.05, 3.63) is 108 Å². The van der Waals surface area contributed by atoms with Gasteiger partial charge in [0, 0.05) is 37.6 Å². The van der Waals surface area contributed by atoms with Crippen LogP contribution < -0.4 is 78.7 Å². The minimum atomic E-state index is -5.26. The Morgan fingerprint density at radius 2 is 1.68 bits per heavy atom. The zero-order valence-electron chi connectivity index (χ0n) is 28.3. The summed E-state index contributed by atoms with van der Waals surface area (Å²) in [5.41, 5.74) is 3.09. The fraction of sp³-hybridized carbons (Fsp3) is 0.294. The molecule has 0 unspecified atom stereocenters. The Labute approximate surface area is 334 Å². The molecule has 1 N–H and O–H groups in total. The molecule has 0 radical (unpaired) electrons. The van der Waals surface area contributed by atoms with Crippen molar-refractivity contribution in [3.8, 4) is 5.75 Å². The number of phosphoric ester groups is 1. The second kappa shape index (κ2) is 17.6. The molecule has 16 heteroatoms. The van der Waals surface area contributed by atoms with Crippen molar-refractivity contribution in [1.29, 1.82) is 0 Å². The number of hydrazine groups is 1. The summed E-state index contributed by atoms with van der Waals surface area (Å²) in [5, 5.41) is 7.23. The second-order valence-corrected chi connectivity index (χ2v) is 12.8. The molecule has 3 aromatic carbocycles. The van der Waals surface area contributed by atoms with E-state index in [0.717, 1.165) is 22.0 Å². The maximum absolute atomic E-state index is 14.4. The maximum atomic E-state index is 14.4. The van der Waals surface area contributed by atoms with Gasteiger partial charge in [-0.05, 0) is 41.3 Å². The van der Waals surface area contributed by atoms with Crippen molar-refractivity contribution in [1.82, 2.24) is 30.1 Å². The predicted molar refractivity (Wildman–Crippen MR) is 172 cm³/mol. The molecule has 0 bridgehead atoms. The molecule has 2 fully saturated rings. The van der Waals surface area contributed by atoms with E-state index in [0.29, 0.717) is 18.5 Å². The number of carbonyl (C=O) groups is 3. The van der Waals surface area contributed by atoms with Gasteiger partial charge in [0.2, 0.25) is 11.8 Å². The van der Waals surface area contributed by atoms with Crippen LogP contribution in [0.3, 0.4) is 0 Å². The molecule has 2 aliphatic heterocycles. The zero-order valence-corrected chi connectivity index (χ0v) is 33.2. The monoisotopic (exact) mass is 716 g/mol. The molecule has 50 heavy (non-hydrogen) atoms. The number of pyridine rings is 1. The van der Waals surface area contributed by atoms with Crippen molar-refractivity contribution in [3.63, 3.8) is 0 Å². The average Bonchev–Trinajstić information content (AvgIpc) is 3.06. The zero-order chi connectivity index (χ0) is 33.8. The molecule has 4 amide bonds. The number of rotatable bonds is 10. The minimum Gasteiger partial charge on any atom is -0.780 e. The van der Waals surface area contributed by atoms with Gasteiger partial charge in [-0.1, -0.05) is 73.7 Å². The molecule has 3 heterocycles. The van der Waals surface area contributed by atoms with Crippen LogP contribution in [0.1, 0.15) is 30.0 Å². The third-order valence-electron chi connectivity index (χ3n) is 8.45. The molecule has 250 valence electrons. The Kier molecular flexibility index (Phi) is 14.1.